The topological polar surface area (TPSA) is 66.5 Å². The van der Waals surface area contributed by atoms with Gasteiger partial charge in [0.05, 0.1) is 21.9 Å². The van der Waals surface area contributed by atoms with Crippen molar-refractivity contribution in [3.05, 3.63) is 105 Å². The second-order valence-electron chi connectivity index (χ2n) is 9.37. The Hall–Kier alpha value is -3.15. The maximum atomic E-state index is 13.6. The van der Waals surface area contributed by atoms with E-state index in [0.29, 0.717) is 10.0 Å². The van der Waals surface area contributed by atoms with Crippen LogP contribution in [0.15, 0.2) is 66.7 Å². The molecule has 1 fully saturated rings. The Kier molecular flexibility index (Phi) is 5.42. The molecule has 4 aliphatic rings. The van der Waals surface area contributed by atoms with Gasteiger partial charge in [-0.05, 0) is 39.9 Å². The molecule has 3 aromatic carbocycles. The van der Waals surface area contributed by atoms with E-state index in [2.05, 4.69) is 29.6 Å². The van der Waals surface area contributed by atoms with E-state index >= 15 is 0 Å². The molecule has 5 nitrogen and oxygen atoms in total. The highest BCUT2D eigenvalue weighted by molar-refractivity contribution is 6.42. The normalized spacial score (nSPS) is 23.7. The number of nitrogens with zero attached hydrogens (tertiary/aromatic N) is 1. The van der Waals surface area contributed by atoms with Gasteiger partial charge in [-0.15, -0.1) is 0 Å². The fourth-order valence-electron chi connectivity index (χ4n) is 6.11. The van der Waals surface area contributed by atoms with Crippen LogP contribution in [0.2, 0.25) is 10.0 Å². The monoisotopic (exact) mass is 504 g/mol. The van der Waals surface area contributed by atoms with Crippen LogP contribution in [0.25, 0.3) is 0 Å². The Bertz CT molecular complexity index is 1270. The molecule has 2 unspecified atom stereocenters. The fourth-order valence-corrected chi connectivity index (χ4v) is 6.43. The average molecular weight is 505 g/mol. The lowest BCUT2D eigenvalue weighted by molar-refractivity contribution is -0.140. The molecule has 1 N–H and O–H groups in total. The molecule has 0 radical (unpaired) electrons. The van der Waals surface area contributed by atoms with Gasteiger partial charge in [0.1, 0.15) is 0 Å². The highest BCUT2D eigenvalue weighted by Crippen LogP contribution is 2.60. The first kappa shape index (κ1) is 22.3. The number of amides is 3. The Balaban J connectivity index is 1.20. The van der Waals surface area contributed by atoms with Crippen LogP contribution in [-0.4, -0.2) is 29.2 Å². The second kappa shape index (κ2) is 8.51. The largest absolute Gasteiger partial charge is 0.352 e. The Morgan fingerprint density at radius 1 is 0.771 bits per heavy atom. The zero-order chi connectivity index (χ0) is 24.3. The van der Waals surface area contributed by atoms with Crippen LogP contribution >= 0.6 is 23.2 Å². The second-order valence-corrected chi connectivity index (χ2v) is 10.2. The molecule has 0 spiro atoms. The molecule has 176 valence electrons. The van der Waals surface area contributed by atoms with Crippen LogP contribution in [0.3, 0.4) is 0 Å². The molecule has 0 aromatic heterocycles. The zero-order valence-electron chi connectivity index (χ0n) is 18.7. The molecule has 7 heteroatoms. The van der Waals surface area contributed by atoms with Crippen LogP contribution < -0.4 is 5.32 Å². The van der Waals surface area contributed by atoms with E-state index in [1.165, 1.54) is 4.90 Å². The number of carbonyl (C=O) groups excluding carboxylic acids is 3. The number of hydrogen-bond donors (Lipinski definition) is 1. The molecule has 7 rings (SSSR count). The quantitative estimate of drug-likeness (QED) is 0.503. The molecule has 3 aromatic rings. The molecule has 2 bridgehead atoms. The summed E-state index contributed by atoms with van der Waals surface area (Å²) in [5, 5.41) is 3.70. The van der Waals surface area contributed by atoms with Gasteiger partial charge in [0.15, 0.2) is 0 Å². The van der Waals surface area contributed by atoms with Crippen molar-refractivity contribution in [1.29, 1.82) is 0 Å². The number of hydrogen-bond acceptors (Lipinski definition) is 3. The number of imide groups is 1. The molecule has 0 saturated carbocycles. The van der Waals surface area contributed by atoms with E-state index < -0.39 is 11.8 Å². The number of nitrogens with one attached hydrogen (secondary N) is 1. The van der Waals surface area contributed by atoms with Crippen molar-refractivity contribution in [2.45, 2.75) is 24.8 Å². The van der Waals surface area contributed by atoms with E-state index in [4.69, 9.17) is 23.2 Å². The van der Waals surface area contributed by atoms with Crippen molar-refractivity contribution < 1.29 is 14.4 Å². The van der Waals surface area contributed by atoms with E-state index in [1.54, 1.807) is 18.2 Å². The molecule has 35 heavy (non-hydrogen) atoms. The van der Waals surface area contributed by atoms with Gasteiger partial charge >= 0.3 is 0 Å². The molecule has 1 saturated heterocycles. The van der Waals surface area contributed by atoms with Gasteiger partial charge in [0.2, 0.25) is 17.7 Å². The fraction of sp³-hybridized carbons (Fsp3) is 0.250. The highest BCUT2D eigenvalue weighted by atomic mass is 35.5. The minimum Gasteiger partial charge on any atom is -0.352 e. The first-order valence-corrected chi connectivity index (χ1v) is 12.4. The summed E-state index contributed by atoms with van der Waals surface area (Å²) in [4.78, 5) is 41.0. The summed E-state index contributed by atoms with van der Waals surface area (Å²) < 4.78 is 0. The summed E-state index contributed by atoms with van der Waals surface area (Å²) >= 11 is 12.0. The first-order valence-electron chi connectivity index (χ1n) is 11.7. The van der Waals surface area contributed by atoms with E-state index in [-0.39, 0.29) is 49.1 Å². The number of halogens is 2. The summed E-state index contributed by atoms with van der Waals surface area (Å²) in [6, 6.07) is 21.5. The van der Waals surface area contributed by atoms with E-state index in [0.717, 1.165) is 27.8 Å². The minimum atomic E-state index is -0.420. The van der Waals surface area contributed by atoms with Gasteiger partial charge in [-0.25, -0.2) is 0 Å². The zero-order valence-corrected chi connectivity index (χ0v) is 20.2. The maximum absolute atomic E-state index is 13.6. The summed E-state index contributed by atoms with van der Waals surface area (Å²) in [6.07, 6.45) is 0.0491. The molecular weight excluding hydrogens is 483 g/mol. The van der Waals surface area contributed by atoms with Crippen LogP contribution in [0.1, 0.15) is 46.1 Å². The minimum absolute atomic E-state index is 0.0491. The number of likely N-dealkylation sites (tertiary alicyclic amines) is 1. The summed E-state index contributed by atoms with van der Waals surface area (Å²) in [6.45, 7) is 0.363. The third-order valence-corrected chi connectivity index (χ3v) is 8.31. The van der Waals surface area contributed by atoms with Gasteiger partial charge in [-0.3, -0.25) is 19.3 Å². The smallest absolute Gasteiger partial charge is 0.234 e. The molecule has 3 aliphatic carbocycles. The van der Waals surface area contributed by atoms with Crippen LogP contribution in [0, 0.1) is 11.8 Å². The summed E-state index contributed by atoms with van der Waals surface area (Å²) in [5.74, 6) is -1.69. The van der Waals surface area contributed by atoms with E-state index in [1.807, 2.05) is 24.3 Å². The number of carbonyl (C=O) groups is 3. The summed E-state index contributed by atoms with van der Waals surface area (Å²) in [5.41, 5.74) is 5.37. The third kappa shape index (κ3) is 3.48. The van der Waals surface area contributed by atoms with Crippen molar-refractivity contribution in [2.24, 2.45) is 11.8 Å². The maximum Gasteiger partial charge on any atom is 0.234 e. The third-order valence-electron chi connectivity index (χ3n) is 7.58. The number of rotatable bonds is 5. The summed E-state index contributed by atoms with van der Waals surface area (Å²) in [7, 11) is 0. The predicted molar refractivity (Wildman–Crippen MR) is 133 cm³/mol. The van der Waals surface area contributed by atoms with E-state index in [9.17, 15) is 14.4 Å². The molecule has 1 aliphatic heterocycles. The molecule has 2 atom stereocenters. The SMILES string of the molecule is O=C(CCN1C(=O)C2C3c4ccccc4C(c4ccccc43)C2C1=O)NCc1ccc(Cl)c(Cl)c1. The van der Waals surface area contributed by atoms with Gasteiger partial charge in [-0.1, -0.05) is 77.8 Å². The van der Waals surface area contributed by atoms with Gasteiger partial charge in [0.25, 0.3) is 0 Å². The standard InChI is InChI=1S/C28H22Cl2N2O3/c29-20-10-9-15(13-21(20)30)14-31-22(33)11-12-32-27(34)25-23-16-5-1-2-6-17(16)24(26(25)28(32)35)19-8-4-3-7-18(19)23/h1-10,13,23-26H,11-12,14H2,(H,31,33). The van der Waals surface area contributed by atoms with Crippen molar-refractivity contribution >= 4 is 40.9 Å². The van der Waals surface area contributed by atoms with Gasteiger partial charge in [0, 0.05) is 31.3 Å². The van der Waals surface area contributed by atoms with Gasteiger partial charge in [-0.2, -0.15) is 0 Å². The predicted octanol–water partition coefficient (Wildman–Crippen LogP) is 4.89. The Morgan fingerprint density at radius 2 is 1.29 bits per heavy atom. The van der Waals surface area contributed by atoms with Crippen LogP contribution in [-0.2, 0) is 20.9 Å². The van der Waals surface area contributed by atoms with Crippen molar-refractivity contribution in [1.82, 2.24) is 10.2 Å². The Morgan fingerprint density at radius 3 is 1.77 bits per heavy atom. The average Bonchev–Trinajstić information content (AvgIpc) is 3.13. The lowest BCUT2D eigenvalue weighted by Gasteiger charge is -2.45. The lowest BCUT2D eigenvalue weighted by atomic mass is 9.55. The molecule has 3 amide bonds. The van der Waals surface area contributed by atoms with Crippen LogP contribution in [0.5, 0.6) is 0 Å². The van der Waals surface area contributed by atoms with Crippen molar-refractivity contribution in [2.75, 3.05) is 6.54 Å². The molecular formula is C28H22Cl2N2O3. The molecule has 1 heterocycles. The van der Waals surface area contributed by atoms with Gasteiger partial charge < -0.3 is 5.32 Å². The lowest BCUT2D eigenvalue weighted by Crippen LogP contribution is -2.41. The highest BCUT2D eigenvalue weighted by Gasteiger charge is 2.61. The number of benzene rings is 3. The Labute approximate surface area is 213 Å². The van der Waals surface area contributed by atoms with Crippen LogP contribution in [0.4, 0.5) is 0 Å². The first-order chi connectivity index (χ1) is 17.0. The van der Waals surface area contributed by atoms with Crippen molar-refractivity contribution in [3.63, 3.8) is 0 Å². The van der Waals surface area contributed by atoms with Crippen molar-refractivity contribution in [3.8, 4) is 0 Å².